The van der Waals surface area contributed by atoms with Crippen LogP contribution in [-0.2, 0) is 25.4 Å². The molecule has 25 heavy (non-hydrogen) atoms. The van der Waals surface area contributed by atoms with Crippen molar-refractivity contribution in [2.75, 3.05) is 14.2 Å². The minimum atomic E-state index is -0.442. The molecule has 0 fully saturated rings. The van der Waals surface area contributed by atoms with Gasteiger partial charge in [-0.2, -0.15) is 0 Å². The maximum Gasteiger partial charge on any atom is 0.330 e. The van der Waals surface area contributed by atoms with Gasteiger partial charge in [-0.25, -0.2) is 4.79 Å². The SMILES string of the molecule is COc1cccc(CN(C)C(=O)C=Cc2cn(C)c(=O)n(C)c2=O)c1. The molecular weight excluding hydrogens is 322 g/mol. The number of hydrogen-bond donors (Lipinski definition) is 0. The predicted octanol–water partition coefficient (Wildman–Crippen LogP) is 0.764. The largest absolute Gasteiger partial charge is 0.497 e. The number of rotatable bonds is 5. The van der Waals surface area contributed by atoms with Crippen molar-refractivity contribution >= 4 is 12.0 Å². The molecule has 0 bridgehead atoms. The van der Waals surface area contributed by atoms with Gasteiger partial charge in [0, 0.05) is 40.0 Å². The van der Waals surface area contributed by atoms with E-state index in [9.17, 15) is 14.4 Å². The molecular formula is C18H21N3O4. The molecule has 7 heteroatoms. The third-order valence-electron chi connectivity index (χ3n) is 3.81. The van der Waals surface area contributed by atoms with Crippen LogP contribution >= 0.6 is 0 Å². The van der Waals surface area contributed by atoms with Gasteiger partial charge < -0.3 is 14.2 Å². The lowest BCUT2D eigenvalue weighted by molar-refractivity contribution is -0.125. The first kappa shape index (κ1) is 18.3. The summed E-state index contributed by atoms with van der Waals surface area (Å²) in [6, 6.07) is 7.45. The van der Waals surface area contributed by atoms with E-state index in [0.29, 0.717) is 6.54 Å². The second kappa shape index (κ2) is 7.65. The number of carbonyl (C=O) groups is 1. The van der Waals surface area contributed by atoms with Crippen LogP contribution < -0.4 is 16.0 Å². The number of nitrogens with zero attached hydrogens (tertiary/aromatic N) is 3. The Morgan fingerprint density at radius 3 is 2.68 bits per heavy atom. The molecule has 0 spiro atoms. The van der Waals surface area contributed by atoms with Crippen LogP contribution in [0.15, 0.2) is 46.1 Å². The molecule has 2 aromatic rings. The van der Waals surface area contributed by atoms with Crippen LogP contribution in [0.3, 0.4) is 0 Å². The Hall–Kier alpha value is -3.09. The van der Waals surface area contributed by atoms with Crippen LogP contribution in [-0.4, -0.2) is 34.1 Å². The molecule has 132 valence electrons. The summed E-state index contributed by atoms with van der Waals surface area (Å²) in [5.74, 6) is 0.473. The molecule has 0 saturated heterocycles. The van der Waals surface area contributed by atoms with Crippen LogP contribution in [0.2, 0.25) is 0 Å². The zero-order valence-corrected chi connectivity index (χ0v) is 14.7. The van der Waals surface area contributed by atoms with Crippen molar-refractivity contribution in [1.82, 2.24) is 14.0 Å². The summed E-state index contributed by atoms with van der Waals surface area (Å²) >= 11 is 0. The van der Waals surface area contributed by atoms with Crippen molar-refractivity contribution in [2.45, 2.75) is 6.54 Å². The van der Waals surface area contributed by atoms with Crippen LogP contribution in [0.25, 0.3) is 6.08 Å². The molecule has 0 N–H and O–H groups in total. The predicted molar refractivity (Wildman–Crippen MR) is 95.4 cm³/mol. The third-order valence-corrected chi connectivity index (χ3v) is 3.81. The molecule has 0 radical (unpaired) electrons. The van der Waals surface area contributed by atoms with E-state index >= 15 is 0 Å². The van der Waals surface area contributed by atoms with Crippen molar-refractivity contribution in [3.8, 4) is 5.75 Å². The Morgan fingerprint density at radius 2 is 2.00 bits per heavy atom. The van der Waals surface area contributed by atoms with Gasteiger partial charge in [0.1, 0.15) is 5.75 Å². The van der Waals surface area contributed by atoms with E-state index in [1.165, 1.54) is 34.9 Å². The average molecular weight is 343 g/mol. The number of carbonyl (C=O) groups excluding carboxylic acids is 1. The fraction of sp³-hybridized carbons (Fsp3) is 0.278. The molecule has 0 aliphatic heterocycles. The first-order valence-corrected chi connectivity index (χ1v) is 7.66. The second-order valence-corrected chi connectivity index (χ2v) is 5.72. The fourth-order valence-electron chi connectivity index (χ4n) is 2.36. The van der Waals surface area contributed by atoms with Crippen molar-refractivity contribution in [2.24, 2.45) is 14.1 Å². The fourth-order valence-corrected chi connectivity index (χ4v) is 2.36. The minimum absolute atomic E-state index is 0.251. The molecule has 1 aromatic carbocycles. The van der Waals surface area contributed by atoms with E-state index < -0.39 is 11.2 Å². The standard InChI is InChI=1S/C18H21N3O4/c1-19(11-13-6-5-7-15(10-13)25-4)16(22)9-8-14-12-20(2)18(24)21(3)17(14)23/h5-10,12H,11H2,1-4H3. The maximum absolute atomic E-state index is 12.3. The Kier molecular flexibility index (Phi) is 5.59. The van der Waals surface area contributed by atoms with E-state index in [1.807, 2.05) is 24.3 Å². The number of benzene rings is 1. The Morgan fingerprint density at radius 1 is 1.28 bits per heavy atom. The lowest BCUT2D eigenvalue weighted by atomic mass is 10.2. The van der Waals surface area contributed by atoms with Gasteiger partial charge >= 0.3 is 5.69 Å². The lowest BCUT2D eigenvalue weighted by Gasteiger charge is -2.15. The number of methoxy groups -OCH3 is 1. The first-order chi connectivity index (χ1) is 11.8. The normalized spacial score (nSPS) is 10.9. The molecule has 1 amide bonds. The molecule has 2 rings (SSSR count). The number of ether oxygens (including phenoxy) is 1. The van der Waals surface area contributed by atoms with Crippen molar-refractivity contribution in [3.05, 3.63) is 68.5 Å². The van der Waals surface area contributed by atoms with E-state index in [1.54, 1.807) is 21.2 Å². The lowest BCUT2D eigenvalue weighted by Crippen LogP contribution is -2.37. The van der Waals surface area contributed by atoms with Crippen LogP contribution in [0, 0.1) is 0 Å². The summed E-state index contributed by atoms with van der Waals surface area (Å²) in [5.41, 5.74) is 0.348. The Balaban J connectivity index is 2.14. The first-order valence-electron chi connectivity index (χ1n) is 7.66. The zero-order valence-electron chi connectivity index (χ0n) is 14.7. The summed E-state index contributed by atoms with van der Waals surface area (Å²) in [5, 5.41) is 0. The van der Waals surface area contributed by atoms with Gasteiger partial charge in [0.25, 0.3) is 5.56 Å². The van der Waals surface area contributed by atoms with Crippen molar-refractivity contribution < 1.29 is 9.53 Å². The van der Waals surface area contributed by atoms with E-state index in [-0.39, 0.29) is 11.5 Å². The highest BCUT2D eigenvalue weighted by Crippen LogP contribution is 2.14. The number of hydrogen-bond acceptors (Lipinski definition) is 4. The van der Waals surface area contributed by atoms with E-state index in [4.69, 9.17) is 4.74 Å². The summed E-state index contributed by atoms with van der Waals surface area (Å²) in [6.45, 7) is 0.408. The summed E-state index contributed by atoms with van der Waals surface area (Å²) in [4.78, 5) is 37.5. The summed E-state index contributed by atoms with van der Waals surface area (Å²) in [7, 11) is 6.21. The van der Waals surface area contributed by atoms with Gasteiger partial charge in [-0.05, 0) is 23.8 Å². The highest BCUT2D eigenvalue weighted by molar-refractivity contribution is 5.91. The Labute approximate surface area is 145 Å². The molecule has 1 aromatic heterocycles. The molecule has 0 atom stereocenters. The number of aryl methyl sites for hydroxylation is 1. The quantitative estimate of drug-likeness (QED) is 0.752. The average Bonchev–Trinajstić information content (AvgIpc) is 2.61. The van der Waals surface area contributed by atoms with Gasteiger partial charge in [-0.1, -0.05) is 12.1 Å². The van der Waals surface area contributed by atoms with Crippen molar-refractivity contribution in [1.29, 1.82) is 0 Å². The molecule has 0 unspecified atom stereocenters. The summed E-state index contributed by atoms with van der Waals surface area (Å²) < 4.78 is 7.47. The smallest absolute Gasteiger partial charge is 0.330 e. The van der Waals surface area contributed by atoms with Crippen LogP contribution in [0.5, 0.6) is 5.75 Å². The minimum Gasteiger partial charge on any atom is -0.497 e. The van der Waals surface area contributed by atoms with Crippen LogP contribution in [0.1, 0.15) is 11.1 Å². The van der Waals surface area contributed by atoms with Gasteiger partial charge in [0.05, 0.1) is 12.7 Å². The number of amides is 1. The highest BCUT2D eigenvalue weighted by atomic mass is 16.5. The molecule has 0 aliphatic rings. The van der Waals surface area contributed by atoms with E-state index in [2.05, 4.69) is 0 Å². The maximum atomic E-state index is 12.3. The monoisotopic (exact) mass is 343 g/mol. The molecule has 0 aliphatic carbocycles. The van der Waals surface area contributed by atoms with E-state index in [0.717, 1.165) is 15.9 Å². The van der Waals surface area contributed by atoms with Gasteiger partial charge in [-0.15, -0.1) is 0 Å². The molecule has 7 nitrogen and oxygen atoms in total. The summed E-state index contributed by atoms with van der Waals surface area (Å²) in [6.07, 6.45) is 4.16. The molecule has 0 saturated carbocycles. The van der Waals surface area contributed by atoms with Gasteiger partial charge in [0.15, 0.2) is 0 Å². The van der Waals surface area contributed by atoms with Crippen LogP contribution in [0.4, 0.5) is 0 Å². The Bertz CT molecular complexity index is 925. The van der Waals surface area contributed by atoms with Gasteiger partial charge in [-0.3, -0.25) is 14.2 Å². The second-order valence-electron chi connectivity index (χ2n) is 5.72. The number of likely N-dealkylation sites (N-methyl/N-ethyl adjacent to an activating group) is 1. The van der Waals surface area contributed by atoms with Gasteiger partial charge in [0.2, 0.25) is 5.91 Å². The highest BCUT2D eigenvalue weighted by Gasteiger charge is 2.08. The molecule has 1 heterocycles. The topological polar surface area (TPSA) is 73.5 Å². The zero-order chi connectivity index (χ0) is 18.6. The third kappa shape index (κ3) is 4.26. The van der Waals surface area contributed by atoms with Crippen molar-refractivity contribution in [3.63, 3.8) is 0 Å². The number of aromatic nitrogens is 2.